The number of thiophene rings is 1. The third-order valence-electron chi connectivity index (χ3n) is 4.36. The van der Waals surface area contributed by atoms with E-state index in [4.69, 9.17) is 10.3 Å². The van der Waals surface area contributed by atoms with Crippen LogP contribution in [0.15, 0.2) is 9.90 Å². The molecule has 0 radical (unpaired) electrons. The Morgan fingerprint density at radius 2 is 2.05 bits per heavy atom. The fourth-order valence-electron chi connectivity index (χ4n) is 2.77. The average Bonchev–Trinajstić information content (AvgIpc) is 2.98. The molecule has 2 aromatic heterocycles. The van der Waals surface area contributed by atoms with Gasteiger partial charge in [0.05, 0.1) is 5.69 Å². The Balaban J connectivity index is 1.79. The van der Waals surface area contributed by atoms with Crippen LogP contribution in [0.25, 0.3) is 10.8 Å². The molecule has 0 atom stereocenters. The van der Waals surface area contributed by atoms with E-state index in [2.05, 4.69) is 24.0 Å². The lowest BCUT2D eigenvalue weighted by Gasteiger charge is -2.32. The average molecular weight is 291 g/mol. The van der Waals surface area contributed by atoms with Gasteiger partial charge in [0.25, 0.3) is 5.89 Å². The van der Waals surface area contributed by atoms with Crippen LogP contribution in [0.5, 0.6) is 0 Å². The van der Waals surface area contributed by atoms with Crippen LogP contribution in [0.2, 0.25) is 0 Å². The van der Waals surface area contributed by atoms with E-state index in [1.807, 2.05) is 12.3 Å². The van der Waals surface area contributed by atoms with Gasteiger partial charge in [-0.15, -0.1) is 11.3 Å². The highest BCUT2D eigenvalue weighted by atomic mass is 32.1. The summed E-state index contributed by atoms with van der Waals surface area (Å²) < 4.78 is 5.42. The van der Waals surface area contributed by atoms with Crippen molar-refractivity contribution in [3.8, 4) is 10.8 Å². The quantitative estimate of drug-likeness (QED) is 0.892. The number of hydrogen-bond acceptors (Lipinski definition) is 5. The molecule has 0 aliphatic heterocycles. The van der Waals surface area contributed by atoms with E-state index < -0.39 is 0 Å². The third-order valence-corrected chi connectivity index (χ3v) is 5.46. The second kappa shape index (κ2) is 4.88. The molecule has 1 fully saturated rings. The summed E-state index contributed by atoms with van der Waals surface area (Å²) in [4.78, 5) is 5.48. The summed E-state index contributed by atoms with van der Waals surface area (Å²) in [5.41, 5.74) is 8.33. The van der Waals surface area contributed by atoms with Crippen LogP contribution < -0.4 is 5.73 Å². The zero-order chi connectivity index (χ0) is 14.3. The van der Waals surface area contributed by atoms with Crippen molar-refractivity contribution < 1.29 is 4.52 Å². The van der Waals surface area contributed by atoms with Crippen molar-refractivity contribution in [1.29, 1.82) is 0 Å². The molecule has 20 heavy (non-hydrogen) atoms. The van der Waals surface area contributed by atoms with Crippen LogP contribution >= 0.6 is 11.3 Å². The van der Waals surface area contributed by atoms with Crippen LogP contribution in [-0.4, -0.2) is 10.1 Å². The number of nitrogens with zero attached hydrogens (tertiary/aromatic N) is 2. The first-order valence-electron chi connectivity index (χ1n) is 7.14. The maximum Gasteiger partial charge on any atom is 0.270 e. The van der Waals surface area contributed by atoms with Gasteiger partial charge in [0.2, 0.25) is 0 Å². The lowest BCUT2D eigenvalue weighted by molar-refractivity contribution is 0.218. The topological polar surface area (TPSA) is 64.9 Å². The lowest BCUT2D eigenvalue weighted by atomic mass is 9.73. The third kappa shape index (κ3) is 2.46. The zero-order valence-corrected chi connectivity index (χ0v) is 13.1. The van der Waals surface area contributed by atoms with Crippen molar-refractivity contribution in [3.05, 3.63) is 16.8 Å². The molecule has 108 valence electrons. The summed E-state index contributed by atoms with van der Waals surface area (Å²) in [6.07, 6.45) is 4.74. The van der Waals surface area contributed by atoms with Crippen LogP contribution in [0.3, 0.4) is 0 Å². The fourth-order valence-corrected chi connectivity index (χ4v) is 3.66. The molecule has 2 heterocycles. The summed E-state index contributed by atoms with van der Waals surface area (Å²) in [6.45, 7) is 6.66. The first kappa shape index (κ1) is 13.6. The van der Waals surface area contributed by atoms with Gasteiger partial charge in [-0.1, -0.05) is 19.0 Å². The highest BCUT2D eigenvalue weighted by Crippen LogP contribution is 2.42. The second-order valence-corrected chi connectivity index (χ2v) is 7.44. The first-order chi connectivity index (χ1) is 9.46. The maximum atomic E-state index is 6.04. The van der Waals surface area contributed by atoms with E-state index in [1.165, 1.54) is 12.8 Å². The van der Waals surface area contributed by atoms with Gasteiger partial charge in [-0.2, -0.15) is 4.98 Å². The Kier molecular flexibility index (Phi) is 3.32. The van der Waals surface area contributed by atoms with Crippen molar-refractivity contribution in [2.45, 2.75) is 52.4 Å². The Labute approximate surface area is 123 Å². The Morgan fingerprint density at radius 1 is 1.35 bits per heavy atom. The lowest BCUT2D eigenvalue weighted by Crippen LogP contribution is -2.20. The number of rotatable bonds is 2. The Morgan fingerprint density at radius 3 is 2.65 bits per heavy atom. The van der Waals surface area contributed by atoms with Crippen molar-refractivity contribution in [2.75, 3.05) is 5.73 Å². The first-order valence-corrected chi connectivity index (χ1v) is 8.02. The van der Waals surface area contributed by atoms with Crippen molar-refractivity contribution in [2.24, 2.45) is 5.41 Å². The molecule has 1 aliphatic carbocycles. The van der Waals surface area contributed by atoms with Crippen LogP contribution in [0.4, 0.5) is 5.69 Å². The van der Waals surface area contributed by atoms with Crippen LogP contribution in [0.1, 0.15) is 56.8 Å². The van der Waals surface area contributed by atoms with Crippen LogP contribution in [-0.2, 0) is 0 Å². The molecule has 0 spiro atoms. The molecule has 0 saturated heterocycles. The standard InChI is InChI=1S/C15H21N3OS/c1-9-8-20-12(11(9)16)14-17-13(18-19-14)10-4-6-15(2,3)7-5-10/h8,10H,4-7,16H2,1-3H3. The molecule has 0 aromatic carbocycles. The summed E-state index contributed by atoms with van der Waals surface area (Å²) in [5, 5.41) is 6.20. The molecule has 0 bridgehead atoms. The molecule has 0 unspecified atom stereocenters. The van der Waals surface area contributed by atoms with Gasteiger partial charge < -0.3 is 10.3 Å². The minimum Gasteiger partial charge on any atom is -0.397 e. The predicted octanol–water partition coefficient (Wildman–Crippen LogP) is 4.37. The number of anilines is 1. The van der Waals surface area contributed by atoms with Gasteiger partial charge in [-0.05, 0) is 49.0 Å². The van der Waals surface area contributed by atoms with E-state index in [-0.39, 0.29) is 0 Å². The number of nitrogen functional groups attached to an aromatic ring is 1. The van der Waals surface area contributed by atoms with Gasteiger partial charge in [-0.3, -0.25) is 0 Å². The highest BCUT2D eigenvalue weighted by Gasteiger charge is 2.30. The summed E-state index contributed by atoms with van der Waals surface area (Å²) in [7, 11) is 0. The van der Waals surface area contributed by atoms with Crippen molar-refractivity contribution in [3.63, 3.8) is 0 Å². The molecular weight excluding hydrogens is 270 g/mol. The molecular formula is C15H21N3OS. The molecule has 2 N–H and O–H groups in total. The van der Waals surface area contributed by atoms with E-state index in [9.17, 15) is 0 Å². The van der Waals surface area contributed by atoms with Gasteiger partial charge in [0.1, 0.15) is 4.88 Å². The maximum absolute atomic E-state index is 6.04. The molecule has 1 aliphatic rings. The van der Waals surface area contributed by atoms with Gasteiger partial charge >= 0.3 is 0 Å². The summed E-state index contributed by atoms with van der Waals surface area (Å²) in [5.74, 6) is 1.85. The minimum absolute atomic E-state index is 0.433. The number of aromatic nitrogens is 2. The normalized spacial score (nSPS) is 19.4. The van der Waals surface area contributed by atoms with Crippen molar-refractivity contribution >= 4 is 17.0 Å². The second-order valence-electron chi connectivity index (χ2n) is 6.56. The van der Waals surface area contributed by atoms with E-state index in [0.29, 0.717) is 17.2 Å². The van der Waals surface area contributed by atoms with Gasteiger partial charge in [-0.25, -0.2) is 0 Å². The fraction of sp³-hybridized carbons (Fsp3) is 0.600. The number of nitrogens with two attached hydrogens (primary N) is 1. The molecule has 5 heteroatoms. The summed E-state index contributed by atoms with van der Waals surface area (Å²) >= 11 is 1.57. The monoisotopic (exact) mass is 291 g/mol. The largest absolute Gasteiger partial charge is 0.397 e. The van der Waals surface area contributed by atoms with E-state index in [1.54, 1.807) is 11.3 Å². The SMILES string of the molecule is Cc1csc(-c2nc(C3CCC(C)(C)CC3)no2)c1N. The molecule has 3 rings (SSSR count). The van der Waals surface area contributed by atoms with Gasteiger partial charge in [0.15, 0.2) is 5.82 Å². The van der Waals surface area contributed by atoms with E-state index >= 15 is 0 Å². The van der Waals surface area contributed by atoms with Crippen LogP contribution in [0, 0.1) is 12.3 Å². The Bertz CT molecular complexity index is 604. The highest BCUT2D eigenvalue weighted by molar-refractivity contribution is 7.14. The summed E-state index contributed by atoms with van der Waals surface area (Å²) in [6, 6.07) is 0. The Hall–Kier alpha value is -1.36. The van der Waals surface area contributed by atoms with E-state index in [0.717, 1.165) is 34.8 Å². The zero-order valence-electron chi connectivity index (χ0n) is 12.3. The molecule has 4 nitrogen and oxygen atoms in total. The molecule has 0 amide bonds. The van der Waals surface area contributed by atoms with Gasteiger partial charge in [0, 0.05) is 5.92 Å². The number of aryl methyl sites for hydroxylation is 1. The van der Waals surface area contributed by atoms with Crippen molar-refractivity contribution in [1.82, 2.24) is 10.1 Å². The molecule has 2 aromatic rings. The number of hydrogen-bond donors (Lipinski definition) is 1. The predicted molar refractivity (Wildman–Crippen MR) is 81.8 cm³/mol. The minimum atomic E-state index is 0.433. The molecule has 1 saturated carbocycles. The smallest absolute Gasteiger partial charge is 0.270 e.